The Morgan fingerprint density at radius 1 is 1.07 bits per heavy atom. The largest absolute Gasteiger partial charge is 0.495 e. The van der Waals surface area contributed by atoms with Crippen molar-refractivity contribution in [2.45, 2.75) is 39.8 Å². The second-order valence-corrected chi connectivity index (χ2v) is 10.5. The third-order valence-electron chi connectivity index (χ3n) is 6.38. The van der Waals surface area contributed by atoms with E-state index >= 15 is 0 Å². The van der Waals surface area contributed by atoms with E-state index in [-0.39, 0.29) is 23.5 Å². The molecule has 1 aromatic heterocycles. The Kier molecular flexibility index (Phi) is 8.63. The number of anilines is 1. The first-order valence-electron chi connectivity index (χ1n) is 13.1. The average molecular weight is 572 g/mol. The van der Waals surface area contributed by atoms with E-state index in [0.29, 0.717) is 39.4 Å². The molecule has 0 spiro atoms. The fourth-order valence-corrected chi connectivity index (χ4v) is 4.53. The third kappa shape index (κ3) is 6.26. The Morgan fingerprint density at radius 3 is 2.50 bits per heavy atom. The number of hydrogen-bond donors (Lipinski definition) is 2. The van der Waals surface area contributed by atoms with Gasteiger partial charge in [0.1, 0.15) is 22.9 Å². The maximum atomic E-state index is 13.7. The van der Waals surface area contributed by atoms with Gasteiger partial charge < -0.3 is 29.4 Å². The summed E-state index contributed by atoms with van der Waals surface area (Å²) in [5, 5.41) is 2.69. The van der Waals surface area contributed by atoms with Crippen LogP contribution in [0.15, 0.2) is 53.5 Å². The van der Waals surface area contributed by atoms with Crippen LogP contribution in [0.25, 0.3) is 22.2 Å². The van der Waals surface area contributed by atoms with E-state index in [1.807, 2.05) is 37.3 Å². The summed E-state index contributed by atoms with van der Waals surface area (Å²) in [7, 11) is 4.58. The minimum Gasteiger partial charge on any atom is -0.495 e. The van der Waals surface area contributed by atoms with Crippen molar-refractivity contribution >= 4 is 40.5 Å². The highest BCUT2D eigenvalue weighted by atomic mass is 16.6. The van der Waals surface area contributed by atoms with Crippen LogP contribution in [-0.2, 0) is 16.1 Å². The van der Waals surface area contributed by atoms with Gasteiger partial charge in [-0.15, -0.1) is 0 Å². The number of imidazole rings is 1. The molecule has 3 aromatic carbocycles. The standard InChI is InChI=1S/C31H33N5O6/c1-18-11-14-23(24(15-18)40-6)36(5)29(38)21-13-12-20(28(41-7)27(21)33-17-37)19-9-8-10-22-26(19)35-25(34-22)16-32-30(39)42-31(2,3)4/h8-15H,16H2,1-7H3,(H,32,39)(H,34,35). The number of aromatic amines is 1. The van der Waals surface area contributed by atoms with Crippen molar-refractivity contribution in [1.82, 2.24) is 15.3 Å². The number of fused-ring (bicyclic) bond motifs is 1. The van der Waals surface area contributed by atoms with Crippen LogP contribution in [-0.4, -0.2) is 54.9 Å². The molecule has 11 nitrogen and oxygen atoms in total. The fraction of sp³-hybridized carbons (Fsp3) is 0.290. The van der Waals surface area contributed by atoms with Crippen molar-refractivity contribution in [2.75, 3.05) is 26.2 Å². The van der Waals surface area contributed by atoms with Crippen molar-refractivity contribution in [3.8, 4) is 22.6 Å². The van der Waals surface area contributed by atoms with Crippen LogP contribution in [0, 0.1) is 6.92 Å². The Hall–Kier alpha value is -5.15. The quantitative estimate of drug-likeness (QED) is 0.201. The number of benzene rings is 3. The molecule has 4 rings (SSSR count). The molecule has 0 saturated heterocycles. The lowest BCUT2D eigenvalue weighted by Crippen LogP contribution is -2.32. The molecule has 0 aliphatic carbocycles. The summed E-state index contributed by atoms with van der Waals surface area (Å²) in [6.45, 7) is 7.39. The van der Waals surface area contributed by atoms with Crippen LogP contribution < -0.4 is 19.7 Å². The van der Waals surface area contributed by atoms with E-state index in [9.17, 15) is 14.4 Å². The number of amides is 2. The van der Waals surface area contributed by atoms with E-state index < -0.39 is 17.6 Å². The molecular formula is C31H33N5O6. The number of carbonyl (C=O) groups is 2. The first-order chi connectivity index (χ1) is 20.0. The number of H-pyrrole nitrogens is 1. The molecule has 11 heteroatoms. The molecule has 0 atom stereocenters. The van der Waals surface area contributed by atoms with Gasteiger partial charge in [0.2, 0.25) is 6.08 Å². The summed E-state index contributed by atoms with van der Waals surface area (Å²) in [6.07, 6.45) is 0.991. The maximum Gasteiger partial charge on any atom is 0.408 e. The van der Waals surface area contributed by atoms with Crippen molar-refractivity contribution in [3.63, 3.8) is 0 Å². The van der Waals surface area contributed by atoms with Crippen LogP contribution in [0.5, 0.6) is 11.5 Å². The monoisotopic (exact) mass is 571 g/mol. The van der Waals surface area contributed by atoms with Crippen LogP contribution in [0.1, 0.15) is 42.5 Å². The van der Waals surface area contributed by atoms with E-state index in [0.717, 1.165) is 5.56 Å². The van der Waals surface area contributed by atoms with Crippen molar-refractivity contribution in [1.29, 1.82) is 0 Å². The Balaban J connectivity index is 1.75. The second-order valence-electron chi connectivity index (χ2n) is 10.5. The minimum absolute atomic E-state index is 0.0345. The van der Waals surface area contributed by atoms with Gasteiger partial charge in [-0.3, -0.25) is 4.79 Å². The molecule has 0 unspecified atom stereocenters. The molecule has 0 saturated carbocycles. The van der Waals surface area contributed by atoms with Gasteiger partial charge in [-0.2, -0.15) is 4.99 Å². The van der Waals surface area contributed by atoms with Crippen molar-refractivity contribution in [2.24, 2.45) is 4.99 Å². The van der Waals surface area contributed by atoms with Gasteiger partial charge >= 0.3 is 6.09 Å². The molecule has 42 heavy (non-hydrogen) atoms. The summed E-state index contributed by atoms with van der Waals surface area (Å²) < 4.78 is 16.5. The van der Waals surface area contributed by atoms with Crippen LogP contribution >= 0.6 is 0 Å². The Bertz CT molecular complexity index is 1700. The highest BCUT2D eigenvalue weighted by molar-refractivity contribution is 6.11. The van der Waals surface area contributed by atoms with Crippen molar-refractivity contribution in [3.05, 3.63) is 65.5 Å². The second kappa shape index (κ2) is 12.2. The lowest BCUT2D eigenvalue weighted by atomic mass is 9.98. The van der Waals surface area contributed by atoms with Gasteiger partial charge in [0, 0.05) is 18.2 Å². The molecule has 1 heterocycles. The zero-order valence-corrected chi connectivity index (χ0v) is 24.6. The third-order valence-corrected chi connectivity index (χ3v) is 6.38. The number of aryl methyl sites for hydroxylation is 1. The molecule has 218 valence electrons. The molecule has 0 aliphatic heterocycles. The number of nitrogens with one attached hydrogen (secondary N) is 2. The summed E-state index contributed by atoms with van der Waals surface area (Å²) in [5.41, 5.74) is 3.60. The van der Waals surface area contributed by atoms with Gasteiger partial charge in [-0.25, -0.2) is 14.6 Å². The lowest BCUT2D eigenvalue weighted by Gasteiger charge is -2.22. The molecule has 0 radical (unpaired) electrons. The smallest absolute Gasteiger partial charge is 0.408 e. The fourth-order valence-electron chi connectivity index (χ4n) is 4.53. The topological polar surface area (TPSA) is 135 Å². The zero-order valence-electron chi connectivity index (χ0n) is 24.6. The SMILES string of the molecule is COc1cc(C)ccc1N(C)C(=O)c1ccc(-c2cccc3[nH]c(CNC(=O)OC(C)(C)C)nc23)c(OC)c1N=C=O. The predicted molar refractivity (Wildman–Crippen MR) is 159 cm³/mol. The summed E-state index contributed by atoms with van der Waals surface area (Å²) in [5.74, 6) is 0.813. The van der Waals surface area contributed by atoms with Crippen molar-refractivity contribution < 1.29 is 28.6 Å². The number of aliphatic imine (C=N–C) groups is 1. The number of rotatable bonds is 8. The summed E-state index contributed by atoms with van der Waals surface area (Å²) >= 11 is 0. The van der Waals surface area contributed by atoms with E-state index in [2.05, 4.69) is 20.3 Å². The molecule has 2 N–H and O–H groups in total. The summed E-state index contributed by atoms with van der Waals surface area (Å²) in [4.78, 5) is 50.5. The van der Waals surface area contributed by atoms with Gasteiger partial charge in [0.05, 0.1) is 43.0 Å². The highest BCUT2D eigenvalue weighted by Gasteiger charge is 2.26. The number of hydrogen-bond acceptors (Lipinski definition) is 8. The van der Waals surface area contributed by atoms with E-state index in [4.69, 9.17) is 14.2 Å². The van der Waals surface area contributed by atoms with Crippen LogP contribution in [0.2, 0.25) is 0 Å². The maximum absolute atomic E-state index is 13.7. The molecule has 4 aromatic rings. The first-order valence-corrected chi connectivity index (χ1v) is 13.1. The normalized spacial score (nSPS) is 11.0. The van der Waals surface area contributed by atoms with Gasteiger partial charge in [0.25, 0.3) is 5.91 Å². The lowest BCUT2D eigenvalue weighted by molar-refractivity contribution is 0.0522. The number of aromatic nitrogens is 2. The zero-order chi connectivity index (χ0) is 30.6. The number of carbonyl (C=O) groups excluding carboxylic acids is 3. The van der Waals surface area contributed by atoms with Gasteiger partial charge in [-0.1, -0.05) is 18.2 Å². The Labute approximate surface area is 243 Å². The predicted octanol–water partition coefficient (Wildman–Crippen LogP) is 5.82. The number of isocyanates is 1. The Morgan fingerprint density at radius 2 is 1.83 bits per heavy atom. The van der Waals surface area contributed by atoms with Gasteiger partial charge in [0.15, 0.2) is 5.75 Å². The number of nitrogens with zero attached hydrogens (tertiary/aromatic N) is 3. The van der Waals surface area contributed by atoms with Gasteiger partial charge in [-0.05, 0) is 63.6 Å². The molecule has 0 fully saturated rings. The molecule has 2 amide bonds. The number of methoxy groups -OCH3 is 2. The number of ether oxygens (including phenoxy) is 3. The van der Waals surface area contributed by atoms with E-state index in [1.165, 1.54) is 19.1 Å². The number of alkyl carbamates (subject to hydrolysis) is 1. The summed E-state index contributed by atoms with van der Waals surface area (Å²) in [6, 6.07) is 14.3. The average Bonchev–Trinajstić information content (AvgIpc) is 3.38. The first kappa shape index (κ1) is 29.8. The van der Waals surface area contributed by atoms with E-state index in [1.54, 1.807) is 52.1 Å². The minimum atomic E-state index is -0.627. The van der Waals surface area contributed by atoms with Crippen LogP contribution in [0.4, 0.5) is 16.2 Å². The molecule has 0 bridgehead atoms. The highest BCUT2D eigenvalue weighted by Crippen LogP contribution is 2.43. The molecular weight excluding hydrogens is 538 g/mol. The number of para-hydroxylation sites is 1. The molecule has 0 aliphatic rings. The van der Waals surface area contributed by atoms with Crippen LogP contribution in [0.3, 0.4) is 0 Å².